The first-order chi connectivity index (χ1) is 10.2. The fourth-order valence-electron chi connectivity index (χ4n) is 3.24. The molecular weight excluding hydrogens is 264 g/mol. The highest BCUT2D eigenvalue weighted by Gasteiger charge is 2.29. The van der Waals surface area contributed by atoms with Crippen LogP contribution in [0.3, 0.4) is 0 Å². The van der Waals surface area contributed by atoms with Gasteiger partial charge in [0.2, 0.25) is 0 Å². The minimum absolute atomic E-state index is 0.00996. The molecule has 0 bridgehead atoms. The van der Waals surface area contributed by atoms with Crippen LogP contribution in [0.1, 0.15) is 39.0 Å². The minimum Gasteiger partial charge on any atom is -0.477 e. The van der Waals surface area contributed by atoms with Gasteiger partial charge in [-0.3, -0.25) is 4.79 Å². The molecule has 1 aromatic rings. The Morgan fingerprint density at radius 3 is 2.95 bits per heavy atom. The van der Waals surface area contributed by atoms with Gasteiger partial charge in [0.25, 0.3) is 5.91 Å². The molecule has 1 aliphatic carbocycles. The second-order valence-corrected chi connectivity index (χ2v) is 6.21. The molecule has 0 spiro atoms. The first-order valence-corrected chi connectivity index (χ1v) is 8.04. The number of hydrogen-bond acceptors (Lipinski definition) is 3. The molecule has 114 valence electrons. The van der Waals surface area contributed by atoms with E-state index in [0.29, 0.717) is 18.5 Å². The average Bonchev–Trinajstić information content (AvgIpc) is 2.72. The standard InChI is InChI=1S/C17H24N2O2/c1-12-7-3-2-4-8-13(12)19-17(20)16-11-18-14-9-5-6-10-15(14)21-16/h5-6,9-10,12-13,16,18H,2-4,7-8,11H2,1H3,(H,19,20). The smallest absolute Gasteiger partial charge is 0.263 e. The Kier molecular flexibility index (Phi) is 4.32. The Hall–Kier alpha value is -1.71. The van der Waals surface area contributed by atoms with E-state index in [9.17, 15) is 4.79 Å². The molecule has 4 nitrogen and oxygen atoms in total. The molecule has 2 N–H and O–H groups in total. The number of rotatable bonds is 2. The largest absolute Gasteiger partial charge is 0.477 e. The molecular formula is C17H24N2O2. The van der Waals surface area contributed by atoms with Crippen molar-refractivity contribution < 1.29 is 9.53 Å². The van der Waals surface area contributed by atoms with E-state index in [-0.39, 0.29) is 5.91 Å². The fourth-order valence-corrected chi connectivity index (χ4v) is 3.24. The molecule has 3 rings (SSSR count). The second-order valence-electron chi connectivity index (χ2n) is 6.21. The van der Waals surface area contributed by atoms with Crippen molar-refractivity contribution in [2.24, 2.45) is 5.92 Å². The molecule has 0 saturated heterocycles. The van der Waals surface area contributed by atoms with Gasteiger partial charge in [0.05, 0.1) is 12.2 Å². The van der Waals surface area contributed by atoms with E-state index in [1.807, 2.05) is 24.3 Å². The van der Waals surface area contributed by atoms with E-state index >= 15 is 0 Å². The molecule has 0 aromatic heterocycles. The lowest BCUT2D eigenvalue weighted by Crippen LogP contribution is -2.49. The molecule has 1 aliphatic heterocycles. The highest BCUT2D eigenvalue weighted by molar-refractivity contribution is 5.83. The number of carbonyl (C=O) groups is 1. The zero-order valence-corrected chi connectivity index (χ0v) is 12.6. The maximum atomic E-state index is 12.5. The molecule has 2 aliphatic rings. The summed E-state index contributed by atoms with van der Waals surface area (Å²) in [5.74, 6) is 1.33. The molecule has 1 amide bonds. The Balaban J connectivity index is 1.61. The van der Waals surface area contributed by atoms with Crippen LogP contribution in [-0.2, 0) is 4.79 Å². The van der Waals surface area contributed by atoms with Gasteiger partial charge < -0.3 is 15.4 Å². The number of benzene rings is 1. The third-order valence-electron chi connectivity index (χ3n) is 4.62. The number of hydrogen-bond donors (Lipinski definition) is 2. The minimum atomic E-state index is -0.435. The van der Waals surface area contributed by atoms with Gasteiger partial charge in [-0.05, 0) is 30.9 Å². The van der Waals surface area contributed by atoms with Crippen molar-refractivity contribution in [1.29, 1.82) is 0 Å². The Morgan fingerprint density at radius 1 is 1.24 bits per heavy atom. The lowest BCUT2D eigenvalue weighted by Gasteiger charge is -2.29. The van der Waals surface area contributed by atoms with E-state index < -0.39 is 6.10 Å². The normalized spacial score (nSPS) is 28.5. The summed E-state index contributed by atoms with van der Waals surface area (Å²) in [4.78, 5) is 12.5. The number of nitrogens with one attached hydrogen (secondary N) is 2. The van der Waals surface area contributed by atoms with Gasteiger partial charge in [0.1, 0.15) is 5.75 Å². The van der Waals surface area contributed by atoms with Gasteiger partial charge in [0.15, 0.2) is 6.10 Å². The van der Waals surface area contributed by atoms with Crippen molar-refractivity contribution in [2.45, 2.75) is 51.2 Å². The van der Waals surface area contributed by atoms with E-state index in [2.05, 4.69) is 17.6 Å². The summed E-state index contributed by atoms with van der Waals surface area (Å²) in [6.07, 6.45) is 5.63. The maximum Gasteiger partial charge on any atom is 0.263 e. The van der Waals surface area contributed by atoms with Crippen LogP contribution < -0.4 is 15.4 Å². The SMILES string of the molecule is CC1CCCCCC1NC(=O)C1CNc2ccccc2O1. The van der Waals surface area contributed by atoms with Crippen LogP contribution in [0, 0.1) is 5.92 Å². The number of amides is 1. The summed E-state index contributed by atoms with van der Waals surface area (Å²) in [6.45, 7) is 2.77. The van der Waals surface area contributed by atoms with Gasteiger partial charge in [0, 0.05) is 6.04 Å². The quantitative estimate of drug-likeness (QED) is 0.823. The maximum absolute atomic E-state index is 12.5. The van der Waals surface area contributed by atoms with Crippen molar-refractivity contribution in [2.75, 3.05) is 11.9 Å². The molecule has 4 heteroatoms. The molecule has 1 fully saturated rings. The number of anilines is 1. The van der Waals surface area contributed by atoms with E-state index in [0.717, 1.165) is 17.9 Å². The van der Waals surface area contributed by atoms with Crippen LogP contribution in [0.15, 0.2) is 24.3 Å². The van der Waals surface area contributed by atoms with Crippen molar-refractivity contribution >= 4 is 11.6 Å². The number of carbonyl (C=O) groups excluding carboxylic acids is 1. The fraction of sp³-hybridized carbons (Fsp3) is 0.588. The van der Waals surface area contributed by atoms with E-state index in [1.165, 1.54) is 25.7 Å². The van der Waals surface area contributed by atoms with Crippen molar-refractivity contribution in [1.82, 2.24) is 5.32 Å². The number of para-hydroxylation sites is 2. The summed E-state index contributed by atoms with van der Waals surface area (Å²) in [5, 5.41) is 6.47. The molecule has 1 heterocycles. The molecule has 21 heavy (non-hydrogen) atoms. The molecule has 3 unspecified atom stereocenters. The van der Waals surface area contributed by atoms with Gasteiger partial charge in [-0.15, -0.1) is 0 Å². The summed E-state index contributed by atoms with van der Waals surface area (Å²) < 4.78 is 5.83. The van der Waals surface area contributed by atoms with Crippen molar-refractivity contribution in [3.8, 4) is 5.75 Å². The monoisotopic (exact) mass is 288 g/mol. The molecule has 1 saturated carbocycles. The molecule has 0 radical (unpaired) electrons. The van der Waals surface area contributed by atoms with Crippen LogP contribution in [0.25, 0.3) is 0 Å². The lowest BCUT2D eigenvalue weighted by atomic mass is 9.96. The van der Waals surface area contributed by atoms with E-state index in [4.69, 9.17) is 4.74 Å². The van der Waals surface area contributed by atoms with Crippen LogP contribution in [-0.4, -0.2) is 24.6 Å². The van der Waals surface area contributed by atoms with E-state index in [1.54, 1.807) is 0 Å². The average molecular weight is 288 g/mol. The van der Waals surface area contributed by atoms with Crippen LogP contribution >= 0.6 is 0 Å². The predicted molar refractivity (Wildman–Crippen MR) is 83.5 cm³/mol. The number of fused-ring (bicyclic) bond motifs is 1. The Bertz CT molecular complexity index is 503. The number of ether oxygens (including phenoxy) is 1. The lowest BCUT2D eigenvalue weighted by molar-refractivity contribution is -0.128. The van der Waals surface area contributed by atoms with Gasteiger partial charge in [-0.2, -0.15) is 0 Å². The summed E-state index contributed by atoms with van der Waals surface area (Å²) >= 11 is 0. The van der Waals surface area contributed by atoms with Gasteiger partial charge >= 0.3 is 0 Å². The van der Waals surface area contributed by atoms with Crippen molar-refractivity contribution in [3.63, 3.8) is 0 Å². The predicted octanol–water partition coefficient (Wildman–Crippen LogP) is 2.94. The Labute approximate surface area is 126 Å². The Morgan fingerprint density at radius 2 is 2.05 bits per heavy atom. The highest BCUT2D eigenvalue weighted by atomic mass is 16.5. The molecule has 3 atom stereocenters. The first-order valence-electron chi connectivity index (χ1n) is 8.04. The first kappa shape index (κ1) is 14.2. The van der Waals surface area contributed by atoms with Crippen LogP contribution in [0.4, 0.5) is 5.69 Å². The summed E-state index contributed by atoms with van der Waals surface area (Å²) in [5.41, 5.74) is 0.962. The van der Waals surface area contributed by atoms with Gasteiger partial charge in [-0.1, -0.05) is 38.3 Å². The van der Waals surface area contributed by atoms with Crippen LogP contribution in [0.2, 0.25) is 0 Å². The third-order valence-corrected chi connectivity index (χ3v) is 4.62. The topological polar surface area (TPSA) is 50.4 Å². The second kappa shape index (κ2) is 6.37. The molecule has 1 aromatic carbocycles. The summed E-state index contributed by atoms with van der Waals surface area (Å²) in [7, 11) is 0. The van der Waals surface area contributed by atoms with Crippen molar-refractivity contribution in [3.05, 3.63) is 24.3 Å². The zero-order chi connectivity index (χ0) is 14.7. The third kappa shape index (κ3) is 3.31. The summed E-state index contributed by atoms with van der Waals surface area (Å²) in [6, 6.07) is 8.05. The highest BCUT2D eigenvalue weighted by Crippen LogP contribution is 2.28. The van der Waals surface area contributed by atoms with Gasteiger partial charge in [-0.25, -0.2) is 0 Å². The van der Waals surface area contributed by atoms with Crippen LogP contribution in [0.5, 0.6) is 5.75 Å². The zero-order valence-electron chi connectivity index (χ0n) is 12.6.